The summed E-state index contributed by atoms with van der Waals surface area (Å²) in [6.45, 7) is 0. The van der Waals surface area contributed by atoms with E-state index in [4.69, 9.17) is 0 Å². The Kier molecular flexibility index (Phi) is 3.86. The maximum absolute atomic E-state index is 13.2. The predicted molar refractivity (Wildman–Crippen MR) is 106 cm³/mol. The van der Waals surface area contributed by atoms with Crippen LogP contribution in [0, 0.1) is 10.1 Å². The second kappa shape index (κ2) is 6.21. The molecule has 2 aromatic carbocycles. The minimum absolute atomic E-state index is 0.0314. The molecule has 1 fully saturated rings. The Morgan fingerprint density at radius 2 is 1.79 bits per heavy atom. The lowest BCUT2D eigenvalue weighted by molar-refractivity contribution is -0.384. The van der Waals surface area contributed by atoms with Gasteiger partial charge in [0.25, 0.3) is 10.0 Å². The van der Waals surface area contributed by atoms with E-state index in [0.29, 0.717) is 0 Å². The molecule has 0 aromatic heterocycles. The van der Waals surface area contributed by atoms with E-state index in [0.717, 1.165) is 32.1 Å². The summed E-state index contributed by atoms with van der Waals surface area (Å²) in [7, 11) is -3.93. The number of nitro benzene ring substituents is 1. The molecule has 0 radical (unpaired) electrons. The summed E-state index contributed by atoms with van der Waals surface area (Å²) in [4.78, 5) is 24.6. The molecule has 1 saturated carbocycles. The molecule has 1 heterocycles. The van der Waals surface area contributed by atoms with Crippen LogP contribution in [0.2, 0.25) is 0 Å². The molecule has 148 valence electrons. The van der Waals surface area contributed by atoms with Crippen molar-refractivity contribution in [2.75, 3.05) is 5.32 Å². The van der Waals surface area contributed by atoms with Crippen LogP contribution < -0.4 is 5.32 Å². The van der Waals surface area contributed by atoms with Crippen molar-refractivity contribution >= 4 is 32.9 Å². The molecule has 9 heteroatoms. The molecule has 0 bridgehead atoms. The zero-order chi connectivity index (χ0) is 20.3. The van der Waals surface area contributed by atoms with E-state index in [1.807, 2.05) is 0 Å². The Labute approximate surface area is 166 Å². The molecule has 1 N–H and O–H groups in total. The number of carbonyl (C=O) groups is 1. The molecule has 29 heavy (non-hydrogen) atoms. The third-order valence-electron chi connectivity index (χ3n) is 5.80. The van der Waals surface area contributed by atoms with Crippen molar-refractivity contribution in [2.24, 2.45) is 4.40 Å². The summed E-state index contributed by atoms with van der Waals surface area (Å²) in [6, 6.07) is 7.58. The number of nitrogens with zero attached hydrogens (tertiary/aromatic N) is 2. The normalized spacial score (nSPS) is 19.3. The molecular formula is C20H17N3O5S. The first-order valence-electron chi connectivity index (χ1n) is 9.50. The van der Waals surface area contributed by atoms with Gasteiger partial charge in [-0.15, -0.1) is 0 Å². The Morgan fingerprint density at radius 1 is 1.03 bits per heavy atom. The number of anilines is 1. The van der Waals surface area contributed by atoms with Gasteiger partial charge >= 0.3 is 5.69 Å². The minimum atomic E-state index is -3.93. The second-order valence-electron chi connectivity index (χ2n) is 7.54. The first kappa shape index (κ1) is 18.0. The van der Waals surface area contributed by atoms with Crippen molar-refractivity contribution in [1.82, 2.24) is 0 Å². The highest BCUT2D eigenvalue weighted by molar-refractivity contribution is 7.90. The average molecular weight is 411 g/mol. The van der Waals surface area contributed by atoms with E-state index < -0.39 is 20.7 Å². The molecule has 2 aliphatic carbocycles. The van der Waals surface area contributed by atoms with Gasteiger partial charge in [0.05, 0.1) is 15.5 Å². The average Bonchev–Trinajstić information content (AvgIpc) is 2.98. The maximum Gasteiger partial charge on any atom is 0.304 e. The van der Waals surface area contributed by atoms with E-state index in [-0.39, 0.29) is 50.3 Å². The summed E-state index contributed by atoms with van der Waals surface area (Å²) in [5, 5.41) is 15.2. The van der Waals surface area contributed by atoms with E-state index in [9.17, 15) is 23.3 Å². The maximum atomic E-state index is 13.2. The molecule has 8 nitrogen and oxygen atoms in total. The van der Waals surface area contributed by atoms with Crippen LogP contribution >= 0.6 is 0 Å². The van der Waals surface area contributed by atoms with Gasteiger partial charge in [-0.2, -0.15) is 12.8 Å². The highest BCUT2D eigenvalue weighted by Crippen LogP contribution is 2.43. The Hall–Kier alpha value is -3.07. The molecule has 1 aliphatic heterocycles. The number of rotatable bonds is 3. The van der Waals surface area contributed by atoms with Gasteiger partial charge in [-0.05, 0) is 31.0 Å². The topological polar surface area (TPSA) is 119 Å². The van der Waals surface area contributed by atoms with E-state index in [1.165, 1.54) is 18.2 Å². The largest absolute Gasteiger partial charge is 0.377 e. The highest BCUT2D eigenvalue weighted by Gasteiger charge is 2.42. The molecule has 3 aliphatic rings. The summed E-state index contributed by atoms with van der Waals surface area (Å²) in [5.41, 5.74) is 0.543. The number of hydrogen-bond acceptors (Lipinski definition) is 6. The summed E-state index contributed by atoms with van der Waals surface area (Å²) in [5.74, 6) is -0.549. The molecule has 0 spiro atoms. The van der Waals surface area contributed by atoms with Crippen LogP contribution in [0.3, 0.4) is 0 Å². The van der Waals surface area contributed by atoms with Gasteiger partial charge in [0.2, 0.25) is 5.78 Å². The fourth-order valence-corrected chi connectivity index (χ4v) is 5.75. The van der Waals surface area contributed by atoms with Gasteiger partial charge in [-0.1, -0.05) is 31.4 Å². The Bertz CT molecular complexity index is 1230. The SMILES string of the molecule is O=C1c2cccc3c2C(=NS3(=O)=O)c2ccc(NC3CCCCC3)c([N+](=O)[O-])c21. The van der Waals surface area contributed by atoms with Gasteiger partial charge in [-0.3, -0.25) is 14.9 Å². The van der Waals surface area contributed by atoms with Crippen LogP contribution in [0.15, 0.2) is 39.6 Å². The predicted octanol–water partition coefficient (Wildman–Crippen LogP) is 3.42. The lowest BCUT2D eigenvalue weighted by atomic mass is 9.82. The van der Waals surface area contributed by atoms with E-state index >= 15 is 0 Å². The molecular weight excluding hydrogens is 394 g/mol. The lowest BCUT2D eigenvalue weighted by Crippen LogP contribution is -2.25. The van der Waals surface area contributed by atoms with Crippen molar-refractivity contribution < 1.29 is 18.1 Å². The number of nitro groups is 1. The Morgan fingerprint density at radius 3 is 2.52 bits per heavy atom. The molecule has 0 unspecified atom stereocenters. The van der Waals surface area contributed by atoms with Crippen molar-refractivity contribution in [2.45, 2.75) is 43.0 Å². The summed E-state index contributed by atoms with van der Waals surface area (Å²) >= 11 is 0. The third kappa shape index (κ3) is 2.61. The van der Waals surface area contributed by atoms with Gasteiger partial charge in [0.1, 0.15) is 11.3 Å². The second-order valence-corrected chi connectivity index (χ2v) is 9.12. The third-order valence-corrected chi connectivity index (χ3v) is 7.12. The number of fused-ring (bicyclic) bond motifs is 2. The summed E-state index contributed by atoms with van der Waals surface area (Å²) < 4.78 is 28.7. The number of sulfonamides is 1. The molecule has 5 rings (SSSR count). The molecule has 0 amide bonds. The Balaban J connectivity index is 1.73. The van der Waals surface area contributed by atoms with Gasteiger partial charge in [0.15, 0.2) is 0 Å². The molecule has 2 aromatic rings. The minimum Gasteiger partial charge on any atom is -0.377 e. The van der Waals surface area contributed by atoms with E-state index in [2.05, 4.69) is 9.71 Å². The first-order valence-corrected chi connectivity index (χ1v) is 10.9. The lowest BCUT2D eigenvalue weighted by Gasteiger charge is -2.25. The van der Waals surface area contributed by atoms with Crippen LogP contribution in [0.4, 0.5) is 11.4 Å². The van der Waals surface area contributed by atoms with Crippen molar-refractivity contribution in [3.8, 4) is 0 Å². The first-order chi connectivity index (χ1) is 13.9. The number of ketones is 1. The fourth-order valence-electron chi connectivity index (χ4n) is 4.50. The summed E-state index contributed by atoms with van der Waals surface area (Å²) in [6.07, 6.45) is 5.09. The number of benzene rings is 2. The number of carbonyl (C=O) groups excluding carboxylic acids is 1. The number of nitrogens with one attached hydrogen (secondary N) is 1. The van der Waals surface area contributed by atoms with Crippen LogP contribution in [0.25, 0.3) is 0 Å². The molecule has 0 atom stereocenters. The monoisotopic (exact) mass is 411 g/mol. The zero-order valence-electron chi connectivity index (χ0n) is 15.3. The highest BCUT2D eigenvalue weighted by atomic mass is 32.2. The van der Waals surface area contributed by atoms with Gasteiger partial charge in [0, 0.05) is 22.7 Å². The van der Waals surface area contributed by atoms with Gasteiger partial charge in [-0.25, -0.2) is 0 Å². The van der Waals surface area contributed by atoms with Crippen molar-refractivity contribution in [1.29, 1.82) is 0 Å². The van der Waals surface area contributed by atoms with Crippen LogP contribution in [-0.4, -0.2) is 30.9 Å². The van der Waals surface area contributed by atoms with Crippen LogP contribution in [0.5, 0.6) is 0 Å². The standard InChI is InChI=1S/C20H17N3O5S/c24-20-13-7-4-8-15-16(13)18(22-29(15,27)28)12-9-10-14(19(17(12)20)23(25)26)21-11-5-2-1-3-6-11/h4,7-11,21H,1-3,5-6H2. The quantitative estimate of drug-likeness (QED) is 0.521. The van der Waals surface area contributed by atoms with Crippen LogP contribution in [-0.2, 0) is 10.0 Å². The number of hydrogen-bond donors (Lipinski definition) is 1. The fraction of sp³-hybridized carbons (Fsp3) is 0.300. The van der Waals surface area contributed by atoms with E-state index in [1.54, 1.807) is 12.1 Å². The van der Waals surface area contributed by atoms with Gasteiger partial charge < -0.3 is 5.32 Å². The van der Waals surface area contributed by atoms with Crippen LogP contribution in [0.1, 0.15) is 59.2 Å². The van der Waals surface area contributed by atoms with Crippen molar-refractivity contribution in [3.05, 3.63) is 62.7 Å². The van der Waals surface area contributed by atoms with Crippen molar-refractivity contribution in [3.63, 3.8) is 0 Å². The zero-order valence-corrected chi connectivity index (χ0v) is 16.2. The molecule has 0 saturated heterocycles. The smallest absolute Gasteiger partial charge is 0.304 e.